The van der Waals surface area contributed by atoms with Gasteiger partial charge in [0.25, 0.3) is 0 Å². The molecule has 2 heterocycles. The first-order valence-corrected chi connectivity index (χ1v) is 8.33. The molecule has 7 heteroatoms. The topological polar surface area (TPSA) is 53.4 Å². The molecule has 25 heavy (non-hydrogen) atoms. The van der Waals surface area contributed by atoms with E-state index in [2.05, 4.69) is 47.4 Å². The number of rotatable bonds is 2. The van der Waals surface area contributed by atoms with Crippen LogP contribution in [-0.4, -0.2) is 46.9 Å². The minimum Gasteiger partial charge on any atom is -0.368 e. The largest absolute Gasteiger partial charge is 0.368 e. The van der Waals surface area contributed by atoms with Gasteiger partial charge in [0.2, 0.25) is 0 Å². The zero-order valence-corrected chi connectivity index (χ0v) is 16.1. The summed E-state index contributed by atoms with van der Waals surface area (Å²) in [4.78, 5) is 16.6. The SMILES string of the molecule is Cc1cccc(N2CCN(C(=O)Nc3cc(C)n(C)n3)CC2)c1C.Cl. The first-order valence-electron chi connectivity index (χ1n) is 8.33. The summed E-state index contributed by atoms with van der Waals surface area (Å²) in [6.07, 6.45) is 0. The third-order valence-electron chi connectivity index (χ3n) is 4.83. The molecule has 1 aromatic carbocycles. The molecular weight excluding hydrogens is 338 g/mol. The average molecular weight is 364 g/mol. The summed E-state index contributed by atoms with van der Waals surface area (Å²) in [5.74, 6) is 0.608. The summed E-state index contributed by atoms with van der Waals surface area (Å²) >= 11 is 0. The molecule has 0 bridgehead atoms. The summed E-state index contributed by atoms with van der Waals surface area (Å²) in [6, 6.07) is 8.20. The predicted octanol–water partition coefficient (Wildman–Crippen LogP) is 3.12. The molecule has 0 spiro atoms. The highest BCUT2D eigenvalue weighted by atomic mass is 35.5. The number of aryl methyl sites for hydroxylation is 3. The lowest BCUT2D eigenvalue weighted by atomic mass is 10.1. The van der Waals surface area contributed by atoms with Gasteiger partial charge in [-0.1, -0.05) is 12.1 Å². The second-order valence-corrected chi connectivity index (χ2v) is 6.42. The first kappa shape index (κ1) is 19.1. The van der Waals surface area contributed by atoms with Gasteiger partial charge in [0.05, 0.1) is 0 Å². The highest BCUT2D eigenvalue weighted by Gasteiger charge is 2.22. The number of carbonyl (C=O) groups excluding carboxylic acids is 1. The van der Waals surface area contributed by atoms with E-state index in [1.807, 2.05) is 24.9 Å². The lowest BCUT2D eigenvalue weighted by Gasteiger charge is -2.36. The molecule has 1 aliphatic rings. The fourth-order valence-corrected chi connectivity index (χ4v) is 3.04. The lowest BCUT2D eigenvalue weighted by molar-refractivity contribution is 0.208. The van der Waals surface area contributed by atoms with Gasteiger partial charge >= 0.3 is 6.03 Å². The monoisotopic (exact) mass is 363 g/mol. The van der Waals surface area contributed by atoms with Crippen LogP contribution in [0, 0.1) is 20.8 Å². The zero-order valence-electron chi connectivity index (χ0n) is 15.2. The minimum atomic E-state index is -0.0753. The van der Waals surface area contributed by atoms with Crippen molar-refractivity contribution >= 4 is 29.9 Å². The molecule has 0 aliphatic carbocycles. The maximum absolute atomic E-state index is 12.4. The summed E-state index contributed by atoms with van der Waals surface area (Å²) in [5.41, 5.74) is 4.91. The molecule has 1 N–H and O–H groups in total. The van der Waals surface area contributed by atoms with Gasteiger partial charge in [-0.2, -0.15) is 5.10 Å². The van der Waals surface area contributed by atoms with E-state index in [0.29, 0.717) is 18.9 Å². The quantitative estimate of drug-likeness (QED) is 0.891. The highest BCUT2D eigenvalue weighted by Crippen LogP contribution is 2.24. The van der Waals surface area contributed by atoms with Crippen LogP contribution in [0.15, 0.2) is 24.3 Å². The molecule has 2 amide bonds. The Balaban J connectivity index is 0.00000225. The van der Waals surface area contributed by atoms with Gasteiger partial charge in [0, 0.05) is 50.7 Å². The Morgan fingerprint density at radius 2 is 1.80 bits per heavy atom. The van der Waals surface area contributed by atoms with E-state index in [0.717, 1.165) is 18.8 Å². The number of hydrogen-bond donors (Lipinski definition) is 1. The van der Waals surface area contributed by atoms with Crippen molar-refractivity contribution < 1.29 is 4.79 Å². The van der Waals surface area contributed by atoms with Crippen LogP contribution in [0.1, 0.15) is 16.8 Å². The molecule has 1 fully saturated rings. The van der Waals surface area contributed by atoms with E-state index in [-0.39, 0.29) is 18.4 Å². The minimum absolute atomic E-state index is 0. The Labute approximate surface area is 155 Å². The maximum atomic E-state index is 12.4. The Morgan fingerprint density at radius 1 is 1.12 bits per heavy atom. The highest BCUT2D eigenvalue weighted by molar-refractivity contribution is 5.88. The number of halogens is 1. The van der Waals surface area contributed by atoms with Crippen LogP contribution in [0.2, 0.25) is 0 Å². The van der Waals surface area contributed by atoms with Crippen LogP contribution >= 0.6 is 12.4 Å². The molecular formula is C18H26ClN5O. The van der Waals surface area contributed by atoms with Crippen LogP contribution in [0.5, 0.6) is 0 Å². The number of nitrogens with zero attached hydrogens (tertiary/aromatic N) is 4. The number of carbonyl (C=O) groups is 1. The third-order valence-corrected chi connectivity index (χ3v) is 4.83. The molecule has 1 aliphatic heterocycles. The van der Waals surface area contributed by atoms with Gasteiger partial charge in [-0.25, -0.2) is 4.79 Å². The van der Waals surface area contributed by atoms with Crippen molar-refractivity contribution in [2.45, 2.75) is 20.8 Å². The number of hydrogen-bond acceptors (Lipinski definition) is 3. The fourth-order valence-electron chi connectivity index (χ4n) is 3.04. The number of aromatic nitrogens is 2. The maximum Gasteiger partial charge on any atom is 0.323 e. The van der Waals surface area contributed by atoms with E-state index < -0.39 is 0 Å². The Bertz CT molecular complexity index is 730. The summed E-state index contributed by atoms with van der Waals surface area (Å²) in [6.45, 7) is 9.38. The number of urea groups is 1. The van der Waals surface area contributed by atoms with Crippen molar-refractivity contribution in [3.8, 4) is 0 Å². The third kappa shape index (κ3) is 4.07. The van der Waals surface area contributed by atoms with E-state index in [9.17, 15) is 4.79 Å². The number of benzene rings is 1. The Kier molecular flexibility index (Phi) is 5.95. The molecule has 3 rings (SSSR count). The lowest BCUT2D eigenvalue weighted by Crippen LogP contribution is -2.50. The average Bonchev–Trinajstić information content (AvgIpc) is 2.88. The van der Waals surface area contributed by atoms with Crippen molar-refractivity contribution in [3.63, 3.8) is 0 Å². The normalized spacial score (nSPS) is 14.2. The molecule has 1 aromatic heterocycles. The number of piperazine rings is 1. The molecule has 6 nitrogen and oxygen atoms in total. The number of amides is 2. The Morgan fingerprint density at radius 3 is 2.40 bits per heavy atom. The van der Waals surface area contributed by atoms with Crippen molar-refractivity contribution in [2.75, 3.05) is 36.4 Å². The fraction of sp³-hybridized carbons (Fsp3) is 0.444. The first-order chi connectivity index (χ1) is 11.5. The summed E-state index contributed by atoms with van der Waals surface area (Å²) < 4.78 is 1.76. The van der Waals surface area contributed by atoms with E-state index in [1.54, 1.807) is 4.68 Å². The molecule has 0 saturated carbocycles. The molecule has 0 atom stereocenters. The van der Waals surface area contributed by atoms with Crippen molar-refractivity contribution in [1.29, 1.82) is 0 Å². The smallest absolute Gasteiger partial charge is 0.323 e. The zero-order chi connectivity index (χ0) is 17.3. The van der Waals surface area contributed by atoms with Crippen LogP contribution < -0.4 is 10.2 Å². The standard InChI is InChI=1S/C18H25N5O.ClH/c1-13-6-5-7-16(15(13)3)22-8-10-23(11-9-22)18(24)19-17-12-14(2)21(4)20-17;/h5-7,12H,8-11H2,1-4H3,(H,19,20,24);1H. The molecule has 0 unspecified atom stereocenters. The van der Waals surface area contributed by atoms with E-state index in [4.69, 9.17) is 0 Å². The van der Waals surface area contributed by atoms with Crippen LogP contribution in [-0.2, 0) is 7.05 Å². The molecule has 2 aromatic rings. The van der Waals surface area contributed by atoms with Crippen LogP contribution in [0.4, 0.5) is 16.3 Å². The van der Waals surface area contributed by atoms with Gasteiger partial charge < -0.3 is 9.80 Å². The number of anilines is 2. The van der Waals surface area contributed by atoms with E-state index in [1.165, 1.54) is 16.8 Å². The van der Waals surface area contributed by atoms with Crippen molar-refractivity contribution in [2.24, 2.45) is 7.05 Å². The number of nitrogens with one attached hydrogen (secondary N) is 1. The predicted molar refractivity (Wildman–Crippen MR) is 104 cm³/mol. The van der Waals surface area contributed by atoms with E-state index >= 15 is 0 Å². The Hall–Kier alpha value is -2.21. The van der Waals surface area contributed by atoms with Gasteiger partial charge in [0.15, 0.2) is 5.82 Å². The van der Waals surface area contributed by atoms with Crippen LogP contribution in [0.3, 0.4) is 0 Å². The van der Waals surface area contributed by atoms with Gasteiger partial charge in [-0.15, -0.1) is 12.4 Å². The van der Waals surface area contributed by atoms with Gasteiger partial charge in [0.1, 0.15) is 0 Å². The molecule has 1 saturated heterocycles. The summed E-state index contributed by atoms with van der Waals surface area (Å²) in [7, 11) is 1.87. The van der Waals surface area contributed by atoms with Crippen molar-refractivity contribution in [1.82, 2.24) is 14.7 Å². The molecule has 0 radical (unpaired) electrons. The second-order valence-electron chi connectivity index (χ2n) is 6.42. The van der Waals surface area contributed by atoms with Gasteiger partial charge in [-0.05, 0) is 38.0 Å². The second kappa shape index (κ2) is 7.78. The van der Waals surface area contributed by atoms with Crippen molar-refractivity contribution in [3.05, 3.63) is 41.1 Å². The molecule has 136 valence electrons. The van der Waals surface area contributed by atoms with Gasteiger partial charge in [-0.3, -0.25) is 10.00 Å². The van der Waals surface area contributed by atoms with Crippen LogP contribution in [0.25, 0.3) is 0 Å². The summed E-state index contributed by atoms with van der Waals surface area (Å²) in [5, 5.41) is 7.16.